The molecule has 1 atom stereocenters. The summed E-state index contributed by atoms with van der Waals surface area (Å²) in [4.78, 5) is 0. The molecule has 1 unspecified atom stereocenters. The Labute approximate surface area is 72.0 Å². The highest BCUT2D eigenvalue weighted by Crippen LogP contribution is 2.24. The molecule has 11 heavy (non-hydrogen) atoms. The number of hydrogen-bond donors (Lipinski definition) is 0. The summed E-state index contributed by atoms with van der Waals surface area (Å²) in [5.41, 5.74) is 0.357. The van der Waals surface area contributed by atoms with Gasteiger partial charge in [-0.15, -0.1) is 0 Å². The second kappa shape index (κ2) is 3.14. The quantitative estimate of drug-likeness (QED) is 0.542. The fraction of sp³-hybridized carbons (Fsp3) is 1.00. The highest BCUT2D eigenvalue weighted by Gasteiger charge is 2.35. The van der Waals surface area contributed by atoms with Gasteiger partial charge in [0.1, 0.15) is 0 Å². The van der Waals surface area contributed by atoms with Crippen molar-refractivity contribution in [3.8, 4) is 0 Å². The van der Waals surface area contributed by atoms with E-state index in [-0.39, 0.29) is 0 Å². The molecule has 0 rings (SSSR count). The predicted octanol–water partition coefficient (Wildman–Crippen LogP) is 2.66. The van der Waals surface area contributed by atoms with Gasteiger partial charge in [0.15, 0.2) is 0 Å². The van der Waals surface area contributed by atoms with Crippen molar-refractivity contribution in [1.29, 1.82) is 0 Å². The maximum absolute atomic E-state index is 2.32. The summed E-state index contributed by atoms with van der Waals surface area (Å²) in [6.45, 7) is 11.5. The third kappa shape index (κ3) is 2.19. The Morgan fingerprint density at radius 1 is 1.18 bits per heavy atom. The summed E-state index contributed by atoms with van der Waals surface area (Å²) in [6, 6.07) is 0.745. The first-order valence-corrected chi connectivity index (χ1v) is 4.57. The van der Waals surface area contributed by atoms with Gasteiger partial charge in [-0.25, -0.2) is 0 Å². The van der Waals surface area contributed by atoms with Crippen molar-refractivity contribution in [3.63, 3.8) is 0 Å². The molecule has 0 aromatic heterocycles. The molecular weight excluding hydrogens is 134 g/mol. The van der Waals surface area contributed by atoms with Crippen LogP contribution in [0.15, 0.2) is 0 Å². The highest BCUT2D eigenvalue weighted by molar-refractivity contribution is 4.63. The topological polar surface area (TPSA) is 0 Å². The van der Waals surface area contributed by atoms with Gasteiger partial charge < -0.3 is 4.48 Å². The molecule has 0 saturated heterocycles. The van der Waals surface area contributed by atoms with Crippen molar-refractivity contribution < 1.29 is 4.48 Å². The van der Waals surface area contributed by atoms with Crippen LogP contribution in [0.4, 0.5) is 0 Å². The fourth-order valence-corrected chi connectivity index (χ4v) is 1.12. The lowest BCUT2D eigenvalue weighted by molar-refractivity contribution is -0.956. The summed E-state index contributed by atoms with van der Waals surface area (Å²) in [7, 11) is 4.63. The molecule has 0 aliphatic rings. The summed E-state index contributed by atoms with van der Waals surface area (Å²) < 4.78 is 1.10. The van der Waals surface area contributed by atoms with Crippen LogP contribution in [0.3, 0.4) is 0 Å². The molecule has 1 nitrogen and oxygen atoms in total. The Morgan fingerprint density at radius 2 is 1.55 bits per heavy atom. The van der Waals surface area contributed by atoms with Crippen LogP contribution in [0, 0.1) is 0 Å². The van der Waals surface area contributed by atoms with Gasteiger partial charge in [-0.05, 0) is 34.1 Å². The van der Waals surface area contributed by atoms with Gasteiger partial charge >= 0.3 is 0 Å². The Balaban J connectivity index is 4.45. The van der Waals surface area contributed by atoms with Crippen molar-refractivity contribution >= 4 is 0 Å². The van der Waals surface area contributed by atoms with Gasteiger partial charge in [-0.3, -0.25) is 0 Å². The summed E-state index contributed by atoms with van der Waals surface area (Å²) in [5.74, 6) is 0. The van der Waals surface area contributed by atoms with E-state index in [1.807, 2.05) is 0 Å². The van der Waals surface area contributed by atoms with Crippen LogP contribution in [0.25, 0.3) is 0 Å². The minimum atomic E-state index is 0.357. The van der Waals surface area contributed by atoms with Gasteiger partial charge in [0.25, 0.3) is 0 Å². The average Bonchev–Trinajstić information content (AvgIpc) is 1.83. The second-order valence-electron chi connectivity index (χ2n) is 4.97. The van der Waals surface area contributed by atoms with E-state index < -0.39 is 0 Å². The molecule has 0 aromatic rings. The summed E-state index contributed by atoms with van der Waals surface area (Å²) >= 11 is 0. The van der Waals surface area contributed by atoms with Gasteiger partial charge in [0, 0.05) is 0 Å². The second-order valence-corrected chi connectivity index (χ2v) is 4.97. The summed E-state index contributed by atoms with van der Waals surface area (Å²) in [6.07, 6.45) is 1.25. The van der Waals surface area contributed by atoms with Crippen LogP contribution in [-0.4, -0.2) is 30.2 Å². The van der Waals surface area contributed by atoms with Gasteiger partial charge in [0.05, 0.1) is 25.7 Å². The van der Waals surface area contributed by atoms with E-state index in [2.05, 4.69) is 48.7 Å². The minimum Gasteiger partial charge on any atom is -0.322 e. The van der Waals surface area contributed by atoms with Crippen molar-refractivity contribution in [2.75, 3.05) is 14.1 Å². The molecule has 0 fully saturated rings. The van der Waals surface area contributed by atoms with Crippen LogP contribution in [0.2, 0.25) is 0 Å². The predicted molar refractivity (Wildman–Crippen MR) is 51.6 cm³/mol. The SMILES string of the molecule is CCC(C)[N+](C)(C)C(C)(C)C. The zero-order chi connectivity index (χ0) is 9.28. The van der Waals surface area contributed by atoms with Crippen LogP contribution in [0.5, 0.6) is 0 Å². The Morgan fingerprint density at radius 3 is 1.64 bits per heavy atom. The van der Waals surface area contributed by atoms with Crippen LogP contribution in [-0.2, 0) is 0 Å². The lowest BCUT2D eigenvalue weighted by atomic mass is 9.99. The molecule has 1 heteroatoms. The van der Waals surface area contributed by atoms with E-state index in [0.717, 1.165) is 10.5 Å². The van der Waals surface area contributed by atoms with Crippen molar-refractivity contribution in [3.05, 3.63) is 0 Å². The van der Waals surface area contributed by atoms with E-state index in [9.17, 15) is 0 Å². The maximum atomic E-state index is 2.32. The zero-order valence-corrected chi connectivity index (χ0v) is 9.23. The normalized spacial score (nSPS) is 16.6. The first-order valence-electron chi connectivity index (χ1n) is 4.57. The Kier molecular flexibility index (Phi) is 3.13. The van der Waals surface area contributed by atoms with Gasteiger partial charge in [-0.1, -0.05) is 6.92 Å². The van der Waals surface area contributed by atoms with E-state index in [4.69, 9.17) is 0 Å². The lowest BCUT2D eigenvalue weighted by Gasteiger charge is -2.46. The van der Waals surface area contributed by atoms with E-state index in [1.165, 1.54) is 6.42 Å². The minimum absolute atomic E-state index is 0.357. The first-order chi connectivity index (χ1) is 4.73. The van der Waals surface area contributed by atoms with Crippen molar-refractivity contribution in [1.82, 2.24) is 0 Å². The molecule has 0 heterocycles. The van der Waals surface area contributed by atoms with E-state index in [1.54, 1.807) is 0 Å². The highest BCUT2D eigenvalue weighted by atomic mass is 15.4. The van der Waals surface area contributed by atoms with Crippen molar-refractivity contribution in [2.24, 2.45) is 0 Å². The molecule has 0 aliphatic heterocycles. The number of nitrogens with zero attached hydrogens (tertiary/aromatic N) is 1. The lowest BCUT2D eigenvalue weighted by Crippen LogP contribution is -2.59. The molecule has 0 spiro atoms. The number of quaternary nitrogens is 1. The van der Waals surface area contributed by atoms with Crippen molar-refractivity contribution in [2.45, 2.75) is 52.6 Å². The molecular formula is C10H24N+. The molecule has 0 aliphatic carbocycles. The Hall–Kier alpha value is -0.0400. The Bertz CT molecular complexity index is 119. The van der Waals surface area contributed by atoms with Gasteiger partial charge in [0.2, 0.25) is 0 Å². The third-order valence-electron chi connectivity index (χ3n) is 3.42. The monoisotopic (exact) mass is 158 g/mol. The molecule has 0 amide bonds. The standard InChI is InChI=1S/C10H24N/c1-8-9(2)11(6,7)10(3,4)5/h9H,8H2,1-7H3/q+1. The maximum Gasteiger partial charge on any atom is 0.0905 e. The van der Waals surface area contributed by atoms with Crippen LogP contribution >= 0.6 is 0 Å². The van der Waals surface area contributed by atoms with Crippen LogP contribution < -0.4 is 0 Å². The fourth-order valence-electron chi connectivity index (χ4n) is 1.12. The first kappa shape index (κ1) is 11.0. The molecule has 0 saturated carbocycles. The molecule has 0 radical (unpaired) electrons. The largest absolute Gasteiger partial charge is 0.322 e. The molecule has 0 aromatic carbocycles. The number of rotatable bonds is 2. The van der Waals surface area contributed by atoms with E-state index in [0.29, 0.717) is 5.54 Å². The third-order valence-corrected chi connectivity index (χ3v) is 3.42. The molecule has 0 bridgehead atoms. The number of hydrogen-bond acceptors (Lipinski definition) is 0. The molecule has 68 valence electrons. The molecule has 0 N–H and O–H groups in total. The average molecular weight is 158 g/mol. The summed E-state index contributed by atoms with van der Waals surface area (Å²) in [5, 5.41) is 0. The smallest absolute Gasteiger partial charge is 0.0905 e. The van der Waals surface area contributed by atoms with Crippen LogP contribution in [0.1, 0.15) is 41.0 Å². The van der Waals surface area contributed by atoms with Gasteiger partial charge in [-0.2, -0.15) is 0 Å². The van der Waals surface area contributed by atoms with E-state index >= 15 is 0 Å². The zero-order valence-electron chi connectivity index (χ0n) is 9.23.